The van der Waals surface area contributed by atoms with E-state index in [9.17, 15) is 9.90 Å². The van der Waals surface area contributed by atoms with Gasteiger partial charge in [-0.1, -0.05) is 30.8 Å². The summed E-state index contributed by atoms with van der Waals surface area (Å²) < 4.78 is 6.26. The molecule has 0 aliphatic carbocycles. The first-order valence-corrected chi connectivity index (χ1v) is 14.3. The Hall–Kier alpha value is -3.85. The summed E-state index contributed by atoms with van der Waals surface area (Å²) in [6.07, 6.45) is 4.47. The molecule has 9 heteroatoms. The monoisotopic (exact) mass is 542 g/mol. The van der Waals surface area contributed by atoms with E-state index in [0.717, 1.165) is 65.0 Å². The van der Waals surface area contributed by atoms with Gasteiger partial charge >= 0.3 is 6.01 Å². The van der Waals surface area contributed by atoms with Gasteiger partial charge in [-0.2, -0.15) is 9.97 Å². The number of phenolic OH excluding ortho intramolecular Hbond substituents is 1. The lowest BCUT2D eigenvalue weighted by molar-refractivity contribution is -0.126. The Morgan fingerprint density at radius 2 is 1.93 bits per heavy atom. The van der Waals surface area contributed by atoms with Crippen LogP contribution in [-0.4, -0.2) is 89.7 Å². The van der Waals surface area contributed by atoms with Gasteiger partial charge in [0.2, 0.25) is 5.91 Å². The first-order valence-electron chi connectivity index (χ1n) is 14.3. The molecular weight excluding hydrogens is 504 g/mol. The number of carbonyl (C=O) groups is 1. The van der Waals surface area contributed by atoms with E-state index >= 15 is 0 Å². The third kappa shape index (κ3) is 4.94. The number of rotatable bonds is 6. The Bertz CT molecular complexity index is 1430. The molecule has 3 aliphatic rings. The van der Waals surface area contributed by atoms with Crippen molar-refractivity contribution in [1.29, 1.82) is 0 Å². The van der Waals surface area contributed by atoms with Crippen LogP contribution in [0.5, 0.6) is 11.8 Å². The van der Waals surface area contributed by atoms with Gasteiger partial charge in [0.05, 0.1) is 17.9 Å². The molecule has 1 atom stereocenters. The highest BCUT2D eigenvalue weighted by Crippen LogP contribution is 2.39. The molecule has 9 nitrogen and oxygen atoms in total. The minimum atomic E-state index is -0.0292. The standard InChI is InChI=1S/C31H38N6O3/c1-4-28(39)35-14-16-36(17-15-35)30-25-11-13-37(29-21(2)27(38)18-22-8-5-6-10-24(22)29)19-26(25)32-31(33-30)40-20-23-9-7-12-34(23)3/h4-6,8,10,18,23,38H,1,7,9,11-17,19-20H2,2-3H3/t23-/m0/s1. The highest BCUT2D eigenvalue weighted by Gasteiger charge is 2.30. The molecular formula is C31H38N6O3. The second-order valence-electron chi connectivity index (χ2n) is 11.1. The lowest BCUT2D eigenvalue weighted by atomic mass is 9.99. The van der Waals surface area contributed by atoms with Crippen molar-refractivity contribution < 1.29 is 14.6 Å². The molecule has 2 saturated heterocycles. The van der Waals surface area contributed by atoms with Crippen LogP contribution in [0.2, 0.25) is 0 Å². The van der Waals surface area contributed by atoms with Crippen LogP contribution in [0.1, 0.15) is 29.7 Å². The van der Waals surface area contributed by atoms with Crippen molar-refractivity contribution in [1.82, 2.24) is 19.8 Å². The maximum Gasteiger partial charge on any atom is 0.318 e. The molecule has 1 N–H and O–H groups in total. The summed E-state index contributed by atoms with van der Waals surface area (Å²) in [5.74, 6) is 1.19. The molecule has 2 aromatic carbocycles. The normalized spacial score (nSPS) is 19.6. The Morgan fingerprint density at radius 1 is 1.12 bits per heavy atom. The van der Waals surface area contributed by atoms with Gasteiger partial charge in [0, 0.05) is 55.3 Å². The number of likely N-dealkylation sites (N-methyl/N-ethyl adjacent to an activating group) is 1. The van der Waals surface area contributed by atoms with Crippen LogP contribution in [-0.2, 0) is 17.8 Å². The molecule has 40 heavy (non-hydrogen) atoms. The van der Waals surface area contributed by atoms with E-state index in [2.05, 4.69) is 34.4 Å². The van der Waals surface area contributed by atoms with Crippen molar-refractivity contribution in [2.45, 2.75) is 38.8 Å². The van der Waals surface area contributed by atoms with Crippen LogP contribution in [0.3, 0.4) is 0 Å². The van der Waals surface area contributed by atoms with Crippen molar-refractivity contribution in [2.24, 2.45) is 0 Å². The lowest BCUT2D eigenvalue weighted by Gasteiger charge is -2.38. The topological polar surface area (TPSA) is 85.3 Å². The molecule has 3 aliphatic heterocycles. The van der Waals surface area contributed by atoms with Crippen LogP contribution in [0, 0.1) is 6.92 Å². The molecule has 0 saturated carbocycles. The smallest absolute Gasteiger partial charge is 0.318 e. The first kappa shape index (κ1) is 26.4. The van der Waals surface area contributed by atoms with E-state index in [1.165, 1.54) is 12.5 Å². The highest BCUT2D eigenvalue weighted by molar-refractivity contribution is 5.97. The summed E-state index contributed by atoms with van der Waals surface area (Å²) in [6, 6.07) is 10.8. The number of ether oxygens (including phenoxy) is 1. The van der Waals surface area contributed by atoms with E-state index in [-0.39, 0.29) is 5.91 Å². The number of fused-ring (bicyclic) bond motifs is 2. The van der Waals surface area contributed by atoms with Crippen molar-refractivity contribution in [3.8, 4) is 11.8 Å². The van der Waals surface area contributed by atoms with Gasteiger partial charge in [-0.3, -0.25) is 4.79 Å². The van der Waals surface area contributed by atoms with E-state index in [1.807, 2.05) is 36.1 Å². The van der Waals surface area contributed by atoms with Crippen LogP contribution in [0.4, 0.5) is 11.5 Å². The first-order chi connectivity index (χ1) is 19.4. The average Bonchev–Trinajstić information content (AvgIpc) is 3.40. The second kappa shape index (κ2) is 11.0. The van der Waals surface area contributed by atoms with Gasteiger partial charge in [-0.15, -0.1) is 0 Å². The van der Waals surface area contributed by atoms with Crippen molar-refractivity contribution >= 4 is 28.2 Å². The number of benzene rings is 2. The summed E-state index contributed by atoms with van der Waals surface area (Å²) in [5.41, 5.74) is 4.03. The van der Waals surface area contributed by atoms with Gasteiger partial charge < -0.3 is 29.4 Å². The Labute approximate surface area is 235 Å². The number of hydrogen-bond donors (Lipinski definition) is 1. The highest BCUT2D eigenvalue weighted by atomic mass is 16.5. The number of anilines is 2. The van der Waals surface area contributed by atoms with E-state index in [1.54, 1.807) is 0 Å². The van der Waals surface area contributed by atoms with Gasteiger partial charge in [0.1, 0.15) is 18.2 Å². The third-order valence-electron chi connectivity index (χ3n) is 8.73. The summed E-state index contributed by atoms with van der Waals surface area (Å²) >= 11 is 0. The molecule has 6 rings (SSSR count). The number of amides is 1. The van der Waals surface area contributed by atoms with Crippen LogP contribution in [0.15, 0.2) is 43.0 Å². The largest absolute Gasteiger partial charge is 0.508 e. The fourth-order valence-electron chi connectivity index (χ4n) is 6.36. The summed E-state index contributed by atoms with van der Waals surface area (Å²) in [6.45, 7) is 11.3. The van der Waals surface area contributed by atoms with E-state index < -0.39 is 0 Å². The predicted molar refractivity (Wildman–Crippen MR) is 157 cm³/mol. The Morgan fingerprint density at radius 3 is 2.67 bits per heavy atom. The molecule has 1 amide bonds. The second-order valence-corrected chi connectivity index (χ2v) is 11.1. The van der Waals surface area contributed by atoms with Crippen LogP contribution < -0.4 is 14.5 Å². The average molecular weight is 543 g/mol. The third-order valence-corrected chi connectivity index (χ3v) is 8.73. The molecule has 3 aromatic rings. The van der Waals surface area contributed by atoms with E-state index in [0.29, 0.717) is 57.1 Å². The summed E-state index contributed by atoms with van der Waals surface area (Å²) in [4.78, 5) is 30.9. The minimum Gasteiger partial charge on any atom is -0.508 e. The molecule has 0 unspecified atom stereocenters. The molecule has 0 bridgehead atoms. The number of phenols is 1. The Kier molecular flexibility index (Phi) is 7.23. The number of likely N-dealkylation sites (tertiary alicyclic amines) is 1. The number of aromatic hydroxyl groups is 1. The fourth-order valence-corrected chi connectivity index (χ4v) is 6.36. The van der Waals surface area contributed by atoms with Crippen LogP contribution in [0.25, 0.3) is 10.8 Å². The maximum absolute atomic E-state index is 12.2. The number of carbonyl (C=O) groups excluding carboxylic acids is 1. The summed E-state index contributed by atoms with van der Waals surface area (Å²) in [5, 5.41) is 12.9. The zero-order valence-corrected chi connectivity index (χ0v) is 23.5. The van der Waals surface area contributed by atoms with E-state index in [4.69, 9.17) is 14.7 Å². The molecule has 0 radical (unpaired) electrons. The van der Waals surface area contributed by atoms with Gasteiger partial charge in [-0.05, 0) is 57.3 Å². The van der Waals surface area contributed by atoms with Gasteiger partial charge in [0.25, 0.3) is 0 Å². The number of hydrogen-bond acceptors (Lipinski definition) is 8. The molecule has 1 aromatic heterocycles. The minimum absolute atomic E-state index is 0.0292. The maximum atomic E-state index is 12.2. The zero-order valence-electron chi connectivity index (χ0n) is 23.5. The van der Waals surface area contributed by atoms with Crippen LogP contribution >= 0.6 is 0 Å². The lowest BCUT2D eigenvalue weighted by Crippen LogP contribution is -2.49. The predicted octanol–water partition coefficient (Wildman–Crippen LogP) is 3.51. The molecule has 210 valence electrons. The van der Waals surface area contributed by atoms with Crippen molar-refractivity contribution in [2.75, 3.05) is 62.7 Å². The number of nitrogens with zero attached hydrogens (tertiary/aromatic N) is 6. The summed E-state index contributed by atoms with van der Waals surface area (Å²) in [7, 11) is 2.14. The number of piperazine rings is 1. The zero-order chi connectivity index (χ0) is 27.8. The SMILES string of the molecule is C=CC(=O)N1CCN(c2nc(OC[C@@H]3CCCN3C)nc3c2CCN(c2c(C)c(O)cc4ccccc24)C3)CC1. The molecule has 0 spiro atoms. The van der Waals surface area contributed by atoms with Crippen molar-refractivity contribution in [3.05, 3.63) is 59.8 Å². The van der Waals surface area contributed by atoms with Gasteiger partial charge in [-0.25, -0.2) is 0 Å². The quantitative estimate of drug-likeness (QED) is 0.474. The Balaban J connectivity index is 1.33. The molecule has 2 fully saturated rings. The molecule has 4 heterocycles. The van der Waals surface area contributed by atoms with Crippen molar-refractivity contribution in [3.63, 3.8) is 0 Å². The van der Waals surface area contributed by atoms with Gasteiger partial charge in [0.15, 0.2) is 0 Å². The fraction of sp³-hybridized carbons (Fsp3) is 0.452. The number of aromatic nitrogens is 2.